The van der Waals surface area contributed by atoms with E-state index in [0.29, 0.717) is 17.1 Å². The Hall–Kier alpha value is -4.65. The van der Waals surface area contributed by atoms with E-state index in [1.807, 2.05) is 74.5 Å². The number of ether oxygens (including phenoxy) is 2. The predicted molar refractivity (Wildman–Crippen MR) is 146 cm³/mol. The number of esters is 1. The highest BCUT2D eigenvalue weighted by Gasteiger charge is 2.36. The van der Waals surface area contributed by atoms with Gasteiger partial charge >= 0.3 is 5.97 Å². The van der Waals surface area contributed by atoms with E-state index < -0.39 is 24.4 Å². The summed E-state index contributed by atoms with van der Waals surface area (Å²) in [4.78, 5) is 39.1. The summed E-state index contributed by atoms with van der Waals surface area (Å²) in [7, 11) is 0. The van der Waals surface area contributed by atoms with Crippen LogP contribution in [0.25, 0.3) is 10.8 Å². The van der Waals surface area contributed by atoms with Crippen LogP contribution in [-0.4, -0.2) is 30.9 Å². The number of amides is 2. The quantitative estimate of drug-likeness (QED) is 0.320. The summed E-state index contributed by atoms with van der Waals surface area (Å²) in [6.45, 7) is 3.66. The fourth-order valence-electron chi connectivity index (χ4n) is 4.62. The summed E-state index contributed by atoms with van der Waals surface area (Å²) in [5, 5.41) is 4.85. The van der Waals surface area contributed by atoms with E-state index in [1.54, 1.807) is 29.2 Å². The minimum absolute atomic E-state index is 0.0335. The van der Waals surface area contributed by atoms with Crippen LogP contribution in [0.15, 0.2) is 84.9 Å². The van der Waals surface area contributed by atoms with Gasteiger partial charge in [0.05, 0.1) is 5.92 Å². The van der Waals surface area contributed by atoms with Gasteiger partial charge in [-0.2, -0.15) is 0 Å². The molecule has 1 N–H and O–H groups in total. The number of hydrogen-bond acceptors (Lipinski definition) is 5. The Labute approximate surface area is 221 Å². The van der Waals surface area contributed by atoms with Crippen LogP contribution >= 0.6 is 0 Å². The van der Waals surface area contributed by atoms with Crippen molar-refractivity contribution in [2.75, 3.05) is 23.4 Å². The molecule has 1 saturated heterocycles. The number of aryl methyl sites for hydroxylation is 2. The lowest BCUT2D eigenvalue weighted by molar-refractivity contribution is -0.151. The number of rotatable bonds is 7. The average molecular weight is 509 g/mol. The van der Waals surface area contributed by atoms with Crippen LogP contribution < -0.4 is 15.0 Å². The summed E-state index contributed by atoms with van der Waals surface area (Å²) < 4.78 is 11.3. The summed E-state index contributed by atoms with van der Waals surface area (Å²) in [6, 6.07) is 26.7. The average Bonchev–Trinajstić information content (AvgIpc) is 3.31. The summed E-state index contributed by atoms with van der Waals surface area (Å²) in [5.74, 6) is -0.404. The number of fused-ring (bicyclic) bond motifs is 1. The number of nitrogens with zero attached hydrogens (tertiary/aromatic N) is 1. The van der Waals surface area contributed by atoms with Crippen LogP contribution in [0.1, 0.15) is 17.5 Å². The maximum absolute atomic E-state index is 12.7. The predicted octanol–water partition coefficient (Wildman–Crippen LogP) is 5.78. The van der Waals surface area contributed by atoms with E-state index in [9.17, 15) is 14.4 Å². The van der Waals surface area contributed by atoms with Crippen molar-refractivity contribution >= 4 is 39.9 Å². The second-order valence-electron chi connectivity index (χ2n) is 9.45. The third kappa shape index (κ3) is 5.52. The molecule has 38 heavy (non-hydrogen) atoms. The molecule has 4 aromatic carbocycles. The number of anilines is 2. The highest BCUT2D eigenvalue weighted by molar-refractivity contribution is 6.00. The second-order valence-corrected chi connectivity index (χ2v) is 9.45. The minimum Gasteiger partial charge on any atom is -0.457 e. The van der Waals surface area contributed by atoms with E-state index in [1.165, 1.54) is 0 Å². The van der Waals surface area contributed by atoms with Crippen LogP contribution in [0, 0.1) is 19.8 Å². The molecule has 7 nitrogen and oxygen atoms in total. The normalized spacial score (nSPS) is 14.9. The molecular formula is C31H28N2O5. The molecule has 0 unspecified atom stereocenters. The van der Waals surface area contributed by atoms with Crippen molar-refractivity contribution in [2.24, 2.45) is 5.92 Å². The molecule has 5 rings (SSSR count). The van der Waals surface area contributed by atoms with Gasteiger partial charge in [0.1, 0.15) is 11.5 Å². The zero-order chi connectivity index (χ0) is 26.6. The third-order valence-electron chi connectivity index (χ3n) is 6.59. The van der Waals surface area contributed by atoms with Gasteiger partial charge in [-0.25, -0.2) is 0 Å². The molecule has 7 heteroatoms. The molecule has 1 atom stereocenters. The maximum atomic E-state index is 12.7. The summed E-state index contributed by atoms with van der Waals surface area (Å²) in [5.41, 5.74) is 3.36. The van der Waals surface area contributed by atoms with E-state index in [2.05, 4.69) is 5.32 Å². The van der Waals surface area contributed by atoms with E-state index in [4.69, 9.17) is 9.47 Å². The fourth-order valence-corrected chi connectivity index (χ4v) is 4.62. The Morgan fingerprint density at radius 2 is 1.71 bits per heavy atom. The molecule has 0 bridgehead atoms. The highest BCUT2D eigenvalue weighted by Crippen LogP contribution is 2.32. The number of benzene rings is 4. The molecule has 0 spiro atoms. The van der Waals surface area contributed by atoms with Crippen molar-refractivity contribution in [3.63, 3.8) is 0 Å². The number of hydrogen-bond donors (Lipinski definition) is 1. The van der Waals surface area contributed by atoms with Crippen molar-refractivity contribution in [3.8, 4) is 11.5 Å². The summed E-state index contributed by atoms with van der Waals surface area (Å²) >= 11 is 0. The molecule has 1 aliphatic heterocycles. The SMILES string of the molecule is Cc1ccc(NC(=O)COC(=O)[C@@H]2CC(=O)N(c3ccc(Oc4cccc5ccccc45)cc3)C2)c(C)c1. The largest absolute Gasteiger partial charge is 0.457 e. The van der Waals surface area contributed by atoms with Gasteiger partial charge in [0.15, 0.2) is 6.61 Å². The molecule has 0 radical (unpaired) electrons. The van der Waals surface area contributed by atoms with Crippen molar-refractivity contribution in [3.05, 3.63) is 96.1 Å². The molecule has 1 aliphatic rings. The van der Waals surface area contributed by atoms with Gasteiger partial charge in [0.2, 0.25) is 5.91 Å². The topological polar surface area (TPSA) is 84.9 Å². The van der Waals surface area contributed by atoms with Gasteiger partial charge in [-0.1, -0.05) is 54.1 Å². The minimum atomic E-state index is -0.636. The zero-order valence-corrected chi connectivity index (χ0v) is 21.3. The molecule has 2 amide bonds. The molecule has 0 saturated carbocycles. The monoisotopic (exact) mass is 508 g/mol. The second kappa shape index (κ2) is 10.8. The smallest absolute Gasteiger partial charge is 0.311 e. The first-order valence-electron chi connectivity index (χ1n) is 12.5. The Morgan fingerprint density at radius 1 is 0.947 bits per heavy atom. The lowest BCUT2D eigenvalue weighted by atomic mass is 10.1. The van der Waals surface area contributed by atoms with Gasteiger partial charge in [0, 0.05) is 29.7 Å². The summed E-state index contributed by atoms with van der Waals surface area (Å²) in [6.07, 6.45) is 0.0335. The Bertz CT molecular complexity index is 1510. The first-order chi connectivity index (χ1) is 18.4. The maximum Gasteiger partial charge on any atom is 0.311 e. The fraction of sp³-hybridized carbons (Fsp3) is 0.194. The lowest BCUT2D eigenvalue weighted by Crippen LogP contribution is -2.28. The highest BCUT2D eigenvalue weighted by atomic mass is 16.5. The molecular weight excluding hydrogens is 480 g/mol. The lowest BCUT2D eigenvalue weighted by Gasteiger charge is -2.17. The van der Waals surface area contributed by atoms with Crippen molar-refractivity contribution in [1.29, 1.82) is 0 Å². The standard InChI is InChI=1S/C31H28N2O5/c1-20-10-15-27(21(2)16-20)32-29(34)19-37-31(36)23-17-30(35)33(18-23)24-11-13-25(14-12-24)38-28-9-5-7-22-6-3-4-8-26(22)28/h3-16,23H,17-19H2,1-2H3,(H,32,34)/t23-/m1/s1. The van der Waals surface area contributed by atoms with Crippen LogP contribution in [0.5, 0.6) is 11.5 Å². The molecule has 4 aromatic rings. The zero-order valence-electron chi connectivity index (χ0n) is 21.3. The van der Waals surface area contributed by atoms with Crippen molar-refractivity contribution < 1.29 is 23.9 Å². The van der Waals surface area contributed by atoms with Crippen LogP contribution in [-0.2, 0) is 19.1 Å². The van der Waals surface area contributed by atoms with E-state index in [-0.39, 0.29) is 18.9 Å². The first kappa shape index (κ1) is 25.0. The molecule has 1 heterocycles. The van der Waals surface area contributed by atoms with Gasteiger partial charge in [-0.05, 0) is 61.2 Å². The van der Waals surface area contributed by atoms with Crippen molar-refractivity contribution in [1.82, 2.24) is 0 Å². The number of carbonyl (C=O) groups is 3. The van der Waals surface area contributed by atoms with Gasteiger partial charge in [0.25, 0.3) is 5.91 Å². The van der Waals surface area contributed by atoms with Gasteiger partial charge in [-0.15, -0.1) is 0 Å². The molecule has 0 aromatic heterocycles. The number of carbonyl (C=O) groups excluding carboxylic acids is 3. The molecule has 0 aliphatic carbocycles. The van der Waals surface area contributed by atoms with Gasteiger partial charge in [-0.3, -0.25) is 14.4 Å². The molecule has 1 fully saturated rings. The Kier molecular flexibility index (Phi) is 7.09. The van der Waals surface area contributed by atoms with Crippen LogP contribution in [0.3, 0.4) is 0 Å². The molecule has 192 valence electrons. The van der Waals surface area contributed by atoms with E-state index >= 15 is 0 Å². The first-order valence-corrected chi connectivity index (χ1v) is 12.5. The van der Waals surface area contributed by atoms with E-state index in [0.717, 1.165) is 27.6 Å². The Morgan fingerprint density at radius 3 is 2.50 bits per heavy atom. The van der Waals surface area contributed by atoms with Crippen LogP contribution in [0.2, 0.25) is 0 Å². The number of nitrogens with one attached hydrogen (secondary N) is 1. The van der Waals surface area contributed by atoms with Crippen LogP contribution in [0.4, 0.5) is 11.4 Å². The van der Waals surface area contributed by atoms with Crippen molar-refractivity contribution in [2.45, 2.75) is 20.3 Å². The third-order valence-corrected chi connectivity index (χ3v) is 6.59. The Balaban J connectivity index is 1.16. The van der Waals surface area contributed by atoms with Gasteiger partial charge < -0.3 is 19.7 Å².